The first kappa shape index (κ1) is 11.3. The normalized spacial score (nSPS) is 15.6. The lowest BCUT2D eigenvalue weighted by Crippen LogP contribution is -2.17. The van der Waals surface area contributed by atoms with Gasteiger partial charge in [-0.2, -0.15) is 13.2 Å². The van der Waals surface area contributed by atoms with Gasteiger partial charge in [0.1, 0.15) is 5.75 Å². The number of ketones is 1. The molecule has 2 nitrogen and oxygen atoms in total. The van der Waals surface area contributed by atoms with Crippen molar-refractivity contribution >= 4 is 17.4 Å². The van der Waals surface area contributed by atoms with E-state index in [4.69, 9.17) is 16.3 Å². The lowest BCUT2D eigenvalue weighted by molar-refractivity contribution is -0.137. The smallest absolute Gasteiger partial charge is 0.417 e. The van der Waals surface area contributed by atoms with Gasteiger partial charge in [-0.3, -0.25) is 4.79 Å². The molecule has 1 aromatic carbocycles. The summed E-state index contributed by atoms with van der Waals surface area (Å²) in [6.45, 7) is 0.0624. The summed E-state index contributed by atoms with van der Waals surface area (Å²) in [6, 6.07) is 1.90. The molecule has 1 aliphatic heterocycles. The zero-order valence-corrected chi connectivity index (χ0v) is 8.65. The molecule has 0 saturated carbocycles. The van der Waals surface area contributed by atoms with Crippen molar-refractivity contribution in [2.75, 3.05) is 6.61 Å². The van der Waals surface area contributed by atoms with Crippen molar-refractivity contribution < 1.29 is 22.7 Å². The van der Waals surface area contributed by atoms with E-state index in [0.29, 0.717) is 0 Å². The highest BCUT2D eigenvalue weighted by Gasteiger charge is 2.36. The lowest BCUT2D eigenvalue weighted by Gasteiger charge is -2.19. The van der Waals surface area contributed by atoms with Crippen LogP contribution in [0.3, 0.4) is 0 Å². The van der Waals surface area contributed by atoms with Gasteiger partial charge in [-0.05, 0) is 12.1 Å². The van der Waals surface area contributed by atoms with Gasteiger partial charge < -0.3 is 4.74 Å². The summed E-state index contributed by atoms with van der Waals surface area (Å²) in [5, 5.41) is -0.543. The highest BCUT2D eigenvalue weighted by atomic mass is 35.5. The van der Waals surface area contributed by atoms with Crippen LogP contribution in [0.15, 0.2) is 12.1 Å². The van der Waals surface area contributed by atoms with Gasteiger partial charge in [0.25, 0.3) is 0 Å². The third-order valence-corrected chi connectivity index (χ3v) is 2.65. The van der Waals surface area contributed by atoms with Crippen LogP contribution in [0.2, 0.25) is 5.02 Å². The molecule has 0 bridgehead atoms. The average molecular weight is 251 g/mol. The van der Waals surface area contributed by atoms with Gasteiger partial charge in [-0.1, -0.05) is 11.6 Å². The number of ether oxygens (including phenoxy) is 1. The second kappa shape index (κ2) is 3.66. The molecule has 2 rings (SSSR count). The maximum atomic E-state index is 12.5. The summed E-state index contributed by atoms with van der Waals surface area (Å²) in [6.07, 6.45) is -4.38. The minimum absolute atomic E-state index is 0.0624. The molecule has 0 saturated heterocycles. The van der Waals surface area contributed by atoms with Crippen LogP contribution in [0.25, 0.3) is 0 Å². The van der Waals surface area contributed by atoms with Gasteiger partial charge in [0.15, 0.2) is 5.78 Å². The summed E-state index contributed by atoms with van der Waals surface area (Å²) in [7, 11) is 0. The summed E-state index contributed by atoms with van der Waals surface area (Å²) < 4.78 is 42.5. The molecule has 0 aromatic heterocycles. The van der Waals surface area contributed by atoms with Crippen molar-refractivity contribution in [2.24, 2.45) is 0 Å². The Hall–Kier alpha value is -1.23. The quantitative estimate of drug-likeness (QED) is 0.706. The molecule has 0 unspecified atom stereocenters. The number of carbonyl (C=O) groups is 1. The average Bonchev–Trinajstić information content (AvgIpc) is 2.18. The van der Waals surface area contributed by atoms with E-state index in [2.05, 4.69) is 0 Å². The third-order valence-electron chi connectivity index (χ3n) is 2.28. The number of halogens is 4. The summed E-state index contributed by atoms with van der Waals surface area (Å²) in [5.41, 5.74) is -0.869. The van der Waals surface area contributed by atoms with Crippen LogP contribution in [-0.4, -0.2) is 12.4 Å². The van der Waals surface area contributed by atoms with Crippen molar-refractivity contribution in [2.45, 2.75) is 12.6 Å². The van der Waals surface area contributed by atoms with Crippen LogP contribution in [0, 0.1) is 0 Å². The lowest BCUT2D eigenvalue weighted by atomic mass is 10.0. The number of alkyl halides is 3. The highest BCUT2D eigenvalue weighted by Crippen LogP contribution is 2.42. The Morgan fingerprint density at radius 2 is 2.00 bits per heavy atom. The zero-order chi connectivity index (χ0) is 11.9. The monoisotopic (exact) mass is 250 g/mol. The number of rotatable bonds is 0. The first-order valence-corrected chi connectivity index (χ1v) is 4.85. The number of hydrogen-bond acceptors (Lipinski definition) is 2. The van der Waals surface area contributed by atoms with Gasteiger partial charge in [0, 0.05) is 6.42 Å². The molecule has 0 fully saturated rings. The topological polar surface area (TPSA) is 26.3 Å². The molecule has 0 N–H and O–H groups in total. The minimum atomic E-state index is -4.55. The third kappa shape index (κ3) is 1.75. The molecule has 0 spiro atoms. The van der Waals surface area contributed by atoms with E-state index in [9.17, 15) is 18.0 Å². The van der Waals surface area contributed by atoms with E-state index in [1.165, 1.54) is 0 Å². The van der Waals surface area contributed by atoms with Gasteiger partial charge in [-0.15, -0.1) is 0 Å². The SMILES string of the molecule is O=C1CCOc2c1ccc(C(F)(F)F)c2Cl. The van der Waals surface area contributed by atoms with E-state index < -0.39 is 16.8 Å². The van der Waals surface area contributed by atoms with Crippen LogP contribution in [0.5, 0.6) is 5.75 Å². The summed E-state index contributed by atoms with van der Waals surface area (Å²) >= 11 is 5.58. The van der Waals surface area contributed by atoms with E-state index in [0.717, 1.165) is 12.1 Å². The van der Waals surface area contributed by atoms with Crippen LogP contribution in [-0.2, 0) is 6.18 Å². The molecule has 6 heteroatoms. The summed E-state index contributed by atoms with van der Waals surface area (Å²) in [4.78, 5) is 11.4. The van der Waals surface area contributed by atoms with Crippen LogP contribution in [0.1, 0.15) is 22.3 Å². The molecule has 0 atom stereocenters. The molecule has 1 heterocycles. The van der Waals surface area contributed by atoms with E-state index >= 15 is 0 Å². The Kier molecular flexibility index (Phi) is 2.58. The number of Topliss-reactive ketones (excluding diaryl/α,β-unsaturated/α-hetero) is 1. The zero-order valence-electron chi connectivity index (χ0n) is 7.90. The fraction of sp³-hybridized carbons (Fsp3) is 0.300. The first-order valence-electron chi connectivity index (χ1n) is 4.47. The van der Waals surface area contributed by atoms with Gasteiger partial charge in [-0.25, -0.2) is 0 Å². The van der Waals surface area contributed by atoms with Crippen molar-refractivity contribution in [3.63, 3.8) is 0 Å². The van der Waals surface area contributed by atoms with Crippen LogP contribution in [0.4, 0.5) is 13.2 Å². The molecular formula is C10H6ClF3O2. The number of fused-ring (bicyclic) bond motifs is 1. The van der Waals surface area contributed by atoms with Crippen molar-refractivity contribution in [1.29, 1.82) is 0 Å². The second-order valence-electron chi connectivity index (χ2n) is 3.32. The Labute approximate surface area is 94.0 Å². The van der Waals surface area contributed by atoms with E-state index in [1.807, 2.05) is 0 Å². The van der Waals surface area contributed by atoms with Crippen LogP contribution < -0.4 is 4.74 Å². The number of benzene rings is 1. The molecular weight excluding hydrogens is 245 g/mol. The largest absolute Gasteiger partial charge is 0.491 e. The van der Waals surface area contributed by atoms with Gasteiger partial charge in [0.05, 0.1) is 22.8 Å². The minimum Gasteiger partial charge on any atom is -0.491 e. The Morgan fingerprint density at radius 3 is 2.62 bits per heavy atom. The maximum absolute atomic E-state index is 12.5. The molecule has 0 amide bonds. The molecule has 1 aliphatic rings. The fourth-order valence-corrected chi connectivity index (χ4v) is 1.84. The van der Waals surface area contributed by atoms with Crippen LogP contribution >= 0.6 is 11.6 Å². The Morgan fingerprint density at radius 1 is 1.31 bits per heavy atom. The standard InChI is InChI=1S/C10H6ClF3O2/c11-8-6(10(12,13)14)2-1-5-7(15)3-4-16-9(5)8/h1-2H,3-4H2. The molecule has 16 heavy (non-hydrogen) atoms. The maximum Gasteiger partial charge on any atom is 0.417 e. The molecule has 0 aliphatic carbocycles. The predicted octanol–water partition coefficient (Wildman–Crippen LogP) is 3.32. The Balaban J connectivity index is 2.60. The number of carbonyl (C=O) groups excluding carboxylic acids is 1. The predicted molar refractivity (Wildman–Crippen MR) is 50.9 cm³/mol. The molecule has 1 aromatic rings. The highest BCUT2D eigenvalue weighted by molar-refractivity contribution is 6.33. The number of hydrogen-bond donors (Lipinski definition) is 0. The van der Waals surface area contributed by atoms with Crippen molar-refractivity contribution in [3.8, 4) is 5.75 Å². The van der Waals surface area contributed by atoms with Crippen molar-refractivity contribution in [3.05, 3.63) is 28.3 Å². The fourth-order valence-electron chi connectivity index (χ4n) is 1.52. The van der Waals surface area contributed by atoms with Gasteiger partial charge in [0.2, 0.25) is 0 Å². The van der Waals surface area contributed by atoms with E-state index in [1.54, 1.807) is 0 Å². The first-order chi connectivity index (χ1) is 7.41. The van der Waals surface area contributed by atoms with Crippen molar-refractivity contribution in [1.82, 2.24) is 0 Å². The molecule has 0 radical (unpaired) electrons. The van der Waals surface area contributed by atoms with Gasteiger partial charge >= 0.3 is 6.18 Å². The molecule has 86 valence electrons. The summed E-state index contributed by atoms with van der Waals surface area (Å²) in [5.74, 6) is -0.412. The second-order valence-corrected chi connectivity index (χ2v) is 3.70. The Bertz CT molecular complexity index is 454. The van der Waals surface area contributed by atoms with E-state index in [-0.39, 0.29) is 30.1 Å².